The van der Waals surface area contributed by atoms with Crippen molar-refractivity contribution in [2.75, 3.05) is 5.73 Å². The molecule has 0 aromatic heterocycles. The number of rotatable bonds is 5. The summed E-state index contributed by atoms with van der Waals surface area (Å²) in [6.45, 7) is 5.05. The minimum Gasteiger partial charge on any atom is -0.398 e. The van der Waals surface area contributed by atoms with E-state index in [0.29, 0.717) is 0 Å². The fourth-order valence-corrected chi connectivity index (χ4v) is 3.20. The number of anilines is 1. The summed E-state index contributed by atoms with van der Waals surface area (Å²) in [7, 11) is -3.87. The quantitative estimate of drug-likeness (QED) is 0.813. The summed E-state index contributed by atoms with van der Waals surface area (Å²) in [6, 6.07) is 4.09. The maximum atomic E-state index is 12.4. The van der Waals surface area contributed by atoms with Crippen LogP contribution in [0.15, 0.2) is 23.1 Å². The molecular weight excluding hydrogens is 300 g/mol. The van der Waals surface area contributed by atoms with Crippen molar-refractivity contribution in [1.82, 2.24) is 5.32 Å². The first-order valence-corrected chi connectivity index (χ1v) is 8.21. The molecular formula is C13H19ClN2O3S. The maximum absolute atomic E-state index is 12.4. The summed E-state index contributed by atoms with van der Waals surface area (Å²) in [5, 5.41) is 1.68. The van der Waals surface area contributed by atoms with E-state index in [1.807, 2.05) is 13.8 Å². The Balaban J connectivity index is 3.10. The summed E-state index contributed by atoms with van der Waals surface area (Å²) in [5.74, 6) is -0.543. The van der Waals surface area contributed by atoms with Crippen molar-refractivity contribution in [3.63, 3.8) is 0 Å². The highest BCUT2D eigenvalue weighted by molar-refractivity contribution is 7.93. The van der Waals surface area contributed by atoms with Crippen LogP contribution in [0.25, 0.3) is 0 Å². The van der Waals surface area contributed by atoms with Crippen LogP contribution in [0.1, 0.15) is 27.2 Å². The van der Waals surface area contributed by atoms with Gasteiger partial charge in [-0.05, 0) is 38.5 Å². The van der Waals surface area contributed by atoms with Crippen LogP contribution in [0.2, 0.25) is 5.02 Å². The first kappa shape index (κ1) is 16.8. The highest BCUT2D eigenvalue weighted by atomic mass is 35.5. The number of nitrogens with two attached hydrogens (primary N) is 1. The summed E-state index contributed by atoms with van der Waals surface area (Å²) < 4.78 is 24.8. The lowest BCUT2D eigenvalue weighted by molar-refractivity contribution is -0.121. The first-order valence-electron chi connectivity index (χ1n) is 6.29. The largest absolute Gasteiger partial charge is 0.398 e. The fraction of sp³-hybridized carbons (Fsp3) is 0.462. The molecule has 0 fully saturated rings. The number of halogens is 1. The van der Waals surface area contributed by atoms with E-state index >= 15 is 0 Å². The van der Waals surface area contributed by atoms with Crippen LogP contribution in [0.4, 0.5) is 5.69 Å². The van der Waals surface area contributed by atoms with Crippen molar-refractivity contribution in [1.29, 1.82) is 0 Å². The van der Waals surface area contributed by atoms with Gasteiger partial charge in [-0.3, -0.25) is 4.79 Å². The van der Waals surface area contributed by atoms with Gasteiger partial charge in [0, 0.05) is 11.1 Å². The SMILES string of the molecule is CCC(C)NC(=O)C(C)S(=O)(=O)c1cc(Cl)ccc1N. The number of nitrogens with one attached hydrogen (secondary N) is 1. The van der Waals surface area contributed by atoms with E-state index in [4.69, 9.17) is 17.3 Å². The molecule has 2 unspecified atom stereocenters. The Labute approximate surface area is 124 Å². The van der Waals surface area contributed by atoms with Gasteiger partial charge in [-0.2, -0.15) is 0 Å². The van der Waals surface area contributed by atoms with Gasteiger partial charge in [0.1, 0.15) is 5.25 Å². The van der Waals surface area contributed by atoms with Gasteiger partial charge in [0.25, 0.3) is 0 Å². The molecule has 0 bridgehead atoms. The average Bonchev–Trinajstić information content (AvgIpc) is 2.40. The standard InChI is InChI=1S/C13H19ClN2O3S/c1-4-8(2)16-13(17)9(3)20(18,19)12-7-10(14)5-6-11(12)15/h5-9H,4,15H2,1-3H3,(H,16,17). The van der Waals surface area contributed by atoms with Crippen molar-refractivity contribution in [2.45, 2.75) is 43.4 Å². The topological polar surface area (TPSA) is 89.3 Å². The maximum Gasteiger partial charge on any atom is 0.238 e. The number of carbonyl (C=O) groups excluding carboxylic acids is 1. The molecule has 1 aromatic carbocycles. The van der Waals surface area contributed by atoms with E-state index in [1.54, 1.807) is 0 Å². The number of nitrogen functional groups attached to an aromatic ring is 1. The van der Waals surface area contributed by atoms with Crippen LogP contribution in [0.5, 0.6) is 0 Å². The zero-order valence-electron chi connectivity index (χ0n) is 11.7. The Bertz CT molecular complexity index is 602. The number of amides is 1. The van der Waals surface area contributed by atoms with E-state index in [-0.39, 0.29) is 21.6 Å². The average molecular weight is 319 g/mol. The number of benzene rings is 1. The molecule has 0 aliphatic heterocycles. The van der Waals surface area contributed by atoms with Gasteiger partial charge in [0.15, 0.2) is 9.84 Å². The molecule has 1 amide bonds. The zero-order chi connectivity index (χ0) is 15.5. The molecule has 0 saturated carbocycles. The third-order valence-electron chi connectivity index (χ3n) is 3.12. The van der Waals surface area contributed by atoms with Crippen molar-refractivity contribution in [3.05, 3.63) is 23.2 Å². The van der Waals surface area contributed by atoms with Crippen LogP contribution in [0, 0.1) is 0 Å². The lowest BCUT2D eigenvalue weighted by Crippen LogP contribution is -2.42. The molecule has 0 radical (unpaired) electrons. The van der Waals surface area contributed by atoms with E-state index in [2.05, 4.69) is 5.32 Å². The molecule has 3 N–H and O–H groups in total. The van der Waals surface area contributed by atoms with Crippen molar-refractivity contribution in [2.24, 2.45) is 0 Å². The number of hydrogen-bond donors (Lipinski definition) is 2. The van der Waals surface area contributed by atoms with Gasteiger partial charge in [0.2, 0.25) is 5.91 Å². The fourth-order valence-electron chi connectivity index (χ4n) is 1.55. The van der Waals surface area contributed by atoms with Crippen LogP contribution >= 0.6 is 11.6 Å². The Kier molecular flexibility index (Phi) is 5.42. The molecule has 1 rings (SSSR count). The molecule has 0 heterocycles. The lowest BCUT2D eigenvalue weighted by Gasteiger charge is -2.17. The van der Waals surface area contributed by atoms with E-state index in [9.17, 15) is 13.2 Å². The Hall–Kier alpha value is -1.27. The highest BCUT2D eigenvalue weighted by Crippen LogP contribution is 2.26. The summed E-state index contributed by atoms with van der Waals surface area (Å²) in [4.78, 5) is 11.9. The van der Waals surface area contributed by atoms with Gasteiger partial charge in [-0.1, -0.05) is 18.5 Å². The van der Waals surface area contributed by atoms with Gasteiger partial charge in [0.05, 0.1) is 10.6 Å². The number of hydrogen-bond acceptors (Lipinski definition) is 4. The van der Waals surface area contributed by atoms with Gasteiger partial charge in [-0.15, -0.1) is 0 Å². The Morgan fingerprint density at radius 1 is 1.40 bits per heavy atom. The molecule has 5 nitrogen and oxygen atoms in total. The van der Waals surface area contributed by atoms with Crippen LogP contribution in [-0.2, 0) is 14.6 Å². The van der Waals surface area contributed by atoms with Crippen LogP contribution < -0.4 is 11.1 Å². The number of carbonyl (C=O) groups is 1. The van der Waals surface area contributed by atoms with Crippen LogP contribution in [0.3, 0.4) is 0 Å². The second-order valence-corrected chi connectivity index (χ2v) is 7.36. The monoisotopic (exact) mass is 318 g/mol. The normalized spacial score (nSPS) is 14.6. The highest BCUT2D eigenvalue weighted by Gasteiger charge is 2.31. The molecule has 0 spiro atoms. The third-order valence-corrected chi connectivity index (χ3v) is 5.46. The van der Waals surface area contributed by atoms with Crippen LogP contribution in [-0.4, -0.2) is 25.6 Å². The second-order valence-electron chi connectivity index (χ2n) is 4.69. The molecule has 0 saturated heterocycles. The molecule has 20 heavy (non-hydrogen) atoms. The van der Waals surface area contributed by atoms with Gasteiger partial charge < -0.3 is 11.1 Å². The zero-order valence-corrected chi connectivity index (χ0v) is 13.3. The smallest absolute Gasteiger partial charge is 0.238 e. The molecule has 0 aliphatic carbocycles. The summed E-state index contributed by atoms with van der Waals surface area (Å²) in [5.41, 5.74) is 5.75. The molecule has 112 valence electrons. The predicted molar refractivity (Wildman–Crippen MR) is 80.4 cm³/mol. The predicted octanol–water partition coefficient (Wildman–Crippen LogP) is 2.00. The minimum atomic E-state index is -3.87. The van der Waals surface area contributed by atoms with Crippen molar-refractivity contribution < 1.29 is 13.2 Å². The molecule has 2 atom stereocenters. The van der Waals surface area contributed by atoms with Gasteiger partial charge >= 0.3 is 0 Å². The summed E-state index contributed by atoms with van der Waals surface area (Å²) in [6.07, 6.45) is 0.720. The van der Waals surface area contributed by atoms with Crippen molar-refractivity contribution >= 4 is 33.0 Å². The molecule has 1 aromatic rings. The minimum absolute atomic E-state index is 0.0811. The van der Waals surface area contributed by atoms with Gasteiger partial charge in [-0.25, -0.2) is 8.42 Å². The molecule has 7 heteroatoms. The number of sulfone groups is 1. The van der Waals surface area contributed by atoms with E-state index in [0.717, 1.165) is 6.42 Å². The Morgan fingerprint density at radius 2 is 2.00 bits per heavy atom. The van der Waals surface area contributed by atoms with Crippen molar-refractivity contribution in [3.8, 4) is 0 Å². The third kappa shape index (κ3) is 3.64. The summed E-state index contributed by atoms with van der Waals surface area (Å²) >= 11 is 5.79. The molecule has 0 aliphatic rings. The lowest BCUT2D eigenvalue weighted by atomic mass is 10.2. The second kappa shape index (κ2) is 6.45. The first-order chi connectivity index (χ1) is 9.20. The van der Waals surface area contributed by atoms with E-state index in [1.165, 1.54) is 25.1 Å². The van der Waals surface area contributed by atoms with E-state index < -0.39 is 21.0 Å². The Morgan fingerprint density at radius 3 is 2.55 bits per heavy atom.